The van der Waals surface area contributed by atoms with Gasteiger partial charge < -0.3 is 5.32 Å². The van der Waals surface area contributed by atoms with Crippen molar-refractivity contribution in [2.24, 2.45) is 7.05 Å². The van der Waals surface area contributed by atoms with Crippen molar-refractivity contribution in [2.45, 2.75) is 39.3 Å². The first-order chi connectivity index (χ1) is 8.19. The summed E-state index contributed by atoms with van der Waals surface area (Å²) in [5.74, 6) is 0. The molecule has 0 amide bonds. The van der Waals surface area contributed by atoms with Crippen LogP contribution in [0.3, 0.4) is 0 Å². The van der Waals surface area contributed by atoms with Gasteiger partial charge in [0.25, 0.3) is 0 Å². The minimum absolute atomic E-state index is 0.687. The molecule has 1 atom stereocenters. The number of likely N-dealkylation sites (tertiary alicyclic amines) is 1. The minimum Gasteiger partial charge on any atom is -0.313 e. The predicted octanol–water partition coefficient (Wildman–Crippen LogP) is 1.30. The average Bonchev–Trinajstić information content (AvgIpc) is 2.84. The number of aryl methyl sites for hydroxylation is 2. The second-order valence-electron chi connectivity index (χ2n) is 5.09. The van der Waals surface area contributed by atoms with Crippen LogP contribution in [0, 0.1) is 6.92 Å². The van der Waals surface area contributed by atoms with Crippen LogP contribution in [-0.2, 0) is 13.6 Å². The third-order valence-electron chi connectivity index (χ3n) is 3.46. The fraction of sp³-hybridized carbons (Fsp3) is 0.769. The molecule has 1 aliphatic heterocycles. The van der Waals surface area contributed by atoms with E-state index in [0.717, 1.165) is 18.8 Å². The Labute approximate surface area is 104 Å². The standard InChI is InChI=1S/C13H24N4/c1-4-6-14-13-5-7-17(10-13)9-12-8-16(3)15-11(12)2/h8,13-14H,4-7,9-10H2,1-3H3. The molecule has 1 N–H and O–H groups in total. The molecular weight excluding hydrogens is 212 g/mol. The van der Waals surface area contributed by atoms with Crippen LogP contribution in [0.4, 0.5) is 0 Å². The van der Waals surface area contributed by atoms with Gasteiger partial charge in [0.05, 0.1) is 5.69 Å². The van der Waals surface area contributed by atoms with Gasteiger partial charge in [-0.2, -0.15) is 5.10 Å². The molecule has 0 bridgehead atoms. The van der Waals surface area contributed by atoms with Gasteiger partial charge in [-0.05, 0) is 26.3 Å². The summed E-state index contributed by atoms with van der Waals surface area (Å²) in [5, 5.41) is 8.00. The Morgan fingerprint density at radius 2 is 2.35 bits per heavy atom. The highest BCUT2D eigenvalue weighted by atomic mass is 15.3. The van der Waals surface area contributed by atoms with Crippen LogP contribution < -0.4 is 5.32 Å². The summed E-state index contributed by atoms with van der Waals surface area (Å²) in [6, 6.07) is 0.687. The maximum absolute atomic E-state index is 4.40. The fourth-order valence-electron chi connectivity index (χ4n) is 2.54. The quantitative estimate of drug-likeness (QED) is 0.836. The minimum atomic E-state index is 0.687. The summed E-state index contributed by atoms with van der Waals surface area (Å²) >= 11 is 0. The second-order valence-corrected chi connectivity index (χ2v) is 5.09. The molecule has 1 aliphatic rings. The number of nitrogens with zero attached hydrogens (tertiary/aromatic N) is 3. The van der Waals surface area contributed by atoms with Gasteiger partial charge in [-0.15, -0.1) is 0 Å². The predicted molar refractivity (Wildman–Crippen MR) is 69.9 cm³/mol. The van der Waals surface area contributed by atoms with Crippen LogP contribution in [0.25, 0.3) is 0 Å². The van der Waals surface area contributed by atoms with E-state index in [4.69, 9.17) is 0 Å². The van der Waals surface area contributed by atoms with E-state index in [1.54, 1.807) is 0 Å². The number of rotatable bonds is 5. The van der Waals surface area contributed by atoms with Gasteiger partial charge >= 0.3 is 0 Å². The van der Waals surface area contributed by atoms with Crippen molar-refractivity contribution in [2.75, 3.05) is 19.6 Å². The molecule has 96 valence electrons. The first-order valence-corrected chi connectivity index (χ1v) is 6.64. The normalized spacial score (nSPS) is 21.2. The summed E-state index contributed by atoms with van der Waals surface area (Å²) in [6.07, 6.45) is 4.64. The molecule has 0 spiro atoms. The molecule has 1 aromatic rings. The first-order valence-electron chi connectivity index (χ1n) is 6.64. The van der Waals surface area contributed by atoms with Gasteiger partial charge in [0.15, 0.2) is 0 Å². The van der Waals surface area contributed by atoms with Crippen LogP contribution in [-0.4, -0.2) is 40.4 Å². The highest BCUT2D eigenvalue weighted by Gasteiger charge is 2.22. The van der Waals surface area contributed by atoms with Gasteiger partial charge in [-0.1, -0.05) is 6.92 Å². The lowest BCUT2D eigenvalue weighted by Crippen LogP contribution is -2.32. The average molecular weight is 236 g/mol. The number of nitrogens with one attached hydrogen (secondary N) is 1. The van der Waals surface area contributed by atoms with Crippen molar-refractivity contribution in [3.05, 3.63) is 17.5 Å². The van der Waals surface area contributed by atoms with Gasteiger partial charge in [0.2, 0.25) is 0 Å². The SMILES string of the molecule is CCCNC1CCN(Cc2cn(C)nc2C)C1. The Morgan fingerprint density at radius 3 is 3.00 bits per heavy atom. The van der Waals surface area contributed by atoms with Crippen molar-refractivity contribution in [3.8, 4) is 0 Å². The highest BCUT2D eigenvalue weighted by molar-refractivity contribution is 5.15. The summed E-state index contributed by atoms with van der Waals surface area (Å²) in [4.78, 5) is 2.53. The highest BCUT2D eigenvalue weighted by Crippen LogP contribution is 2.15. The Kier molecular flexibility index (Phi) is 4.18. The Balaban J connectivity index is 1.83. The van der Waals surface area contributed by atoms with E-state index in [9.17, 15) is 0 Å². The molecule has 1 fully saturated rings. The third kappa shape index (κ3) is 3.30. The van der Waals surface area contributed by atoms with E-state index in [0.29, 0.717) is 6.04 Å². The zero-order chi connectivity index (χ0) is 12.3. The maximum atomic E-state index is 4.40. The van der Waals surface area contributed by atoms with Gasteiger partial charge in [0.1, 0.15) is 0 Å². The Hall–Kier alpha value is -0.870. The molecular formula is C13H24N4. The Morgan fingerprint density at radius 1 is 1.53 bits per heavy atom. The third-order valence-corrected chi connectivity index (χ3v) is 3.46. The maximum Gasteiger partial charge on any atom is 0.0638 e. The van der Waals surface area contributed by atoms with Gasteiger partial charge in [-0.3, -0.25) is 9.58 Å². The summed E-state index contributed by atoms with van der Waals surface area (Å²) in [6.45, 7) is 8.88. The monoisotopic (exact) mass is 236 g/mol. The molecule has 2 heterocycles. The lowest BCUT2D eigenvalue weighted by Gasteiger charge is -2.16. The van der Waals surface area contributed by atoms with E-state index in [2.05, 4.69) is 35.4 Å². The van der Waals surface area contributed by atoms with Crippen LogP contribution in [0.15, 0.2) is 6.20 Å². The van der Waals surface area contributed by atoms with Crippen LogP contribution >= 0.6 is 0 Å². The van der Waals surface area contributed by atoms with Crippen molar-refractivity contribution < 1.29 is 0 Å². The molecule has 1 unspecified atom stereocenters. The summed E-state index contributed by atoms with van der Waals surface area (Å²) in [7, 11) is 1.99. The number of hydrogen-bond acceptors (Lipinski definition) is 3. The van der Waals surface area contributed by atoms with E-state index >= 15 is 0 Å². The van der Waals surface area contributed by atoms with Crippen LogP contribution in [0.1, 0.15) is 31.0 Å². The molecule has 0 aromatic carbocycles. The molecule has 0 radical (unpaired) electrons. The van der Waals surface area contributed by atoms with Crippen LogP contribution in [0.2, 0.25) is 0 Å². The van der Waals surface area contributed by atoms with E-state index in [1.165, 1.54) is 31.5 Å². The largest absolute Gasteiger partial charge is 0.313 e. The number of hydrogen-bond donors (Lipinski definition) is 1. The summed E-state index contributed by atoms with van der Waals surface area (Å²) in [5.41, 5.74) is 2.53. The topological polar surface area (TPSA) is 33.1 Å². The second kappa shape index (κ2) is 5.65. The molecule has 4 nitrogen and oxygen atoms in total. The van der Waals surface area contributed by atoms with E-state index in [-0.39, 0.29) is 0 Å². The lowest BCUT2D eigenvalue weighted by molar-refractivity contribution is 0.319. The number of aromatic nitrogens is 2. The van der Waals surface area contributed by atoms with Crippen molar-refractivity contribution in [1.29, 1.82) is 0 Å². The molecule has 1 saturated heterocycles. The van der Waals surface area contributed by atoms with Gasteiger partial charge in [0, 0.05) is 44.5 Å². The molecule has 4 heteroatoms. The summed E-state index contributed by atoms with van der Waals surface area (Å²) < 4.78 is 1.91. The molecule has 0 aliphatic carbocycles. The van der Waals surface area contributed by atoms with E-state index < -0.39 is 0 Å². The molecule has 2 rings (SSSR count). The first kappa shape index (κ1) is 12.6. The lowest BCUT2D eigenvalue weighted by atomic mass is 10.2. The molecule has 17 heavy (non-hydrogen) atoms. The zero-order valence-corrected chi connectivity index (χ0v) is 11.2. The van der Waals surface area contributed by atoms with E-state index in [1.807, 2.05) is 11.7 Å². The fourth-order valence-corrected chi connectivity index (χ4v) is 2.54. The molecule has 0 saturated carbocycles. The molecule has 1 aromatic heterocycles. The van der Waals surface area contributed by atoms with Crippen molar-refractivity contribution >= 4 is 0 Å². The van der Waals surface area contributed by atoms with Crippen molar-refractivity contribution in [3.63, 3.8) is 0 Å². The van der Waals surface area contributed by atoms with Crippen molar-refractivity contribution in [1.82, 2.24) is 20.0 Å². The van der Waals surface area contributed by atoms with Crippen LogP contribution in [0.5, 0.6) is 0 Å². The van der Waals surface area contributed by atoms with Gasteiger partial charge in [-0.25, -0.2) is 0 Å². The Bertz CT molecular complexity index is 358. The smallest absolute Gasteiger partial charge is 0.0638 e. The zero-order valence-electron chi connectivity index (χ0n) is 11.2.